The van der Waals surface area contributed by atoms with Gasteiger partial charge >= 0.3 is 0 Å². The summed E-state index contributed by atoms with van der Waals surface area (Å²) in [5, 5.41) is 2.77. The minimum Gasteiger partial charge on any atom is -0.326 e. The van der Waals surface area contributed by atoms with Crippen LogP contribution in [0.2, 0.25) is 0 Å². The Balaban J connectivity index is 2.75. The zero-order valence-electron chi connectivity index (χ0n) is 11.6. The molecule has 0 radical (unpaired) electrons. The van der Waals surface area contributed by atoms with E-state index < -0.39 is 15.4 Å². The first-order chi connectivity index (χ1) is 8.64. The number of hydrogen-bond donors (Lipinski definition) is 2. The fourth-order valence-corrected chi connectivity index (χ4v) is 1.83. The van der Waals surface area contributed by atoms with E-state index in [9.17, 15) is 13.2 Å². The molecule has 19 heavy (non-hydrogen) atoms. The molecular formula is C13H20N2O3S. The van der Waals surface area contributed by atoms with Gasteiger partial charge in [0.1, 0.15) is 0 Å². The Morgan fingerprint density at radius 1 is 1.11 bits per heavy atom. The van der Waals surface area contributed by atoms with Crippen LogP contribution in [0.4, 0.5) is 11.4 Å². The van der Waals surface area contributed by atoms with Crippen LogP contribution in [0.3, 0.4) is 0 Å². The number of carbonyl (C=O) groups excluding carboxylic acids is 1. The maximum Gasteiger partial charge on any atom is 0.232 e. The average molecular weight is 284 g/mol. The van der Waals surface area contributed by atoms with Crippen LogP contribution in [0.5, 0.6) is 0 Å². The van der Waals surface area contributed by atoms with E-state index >= 15 is 0 Å². The molecule has 1 rings (SSSR count). The van der Waals surface area contributed by atoms with Crippen molar-refractivity contribution in [2.75, 3.05) is 15.8 Å². The zero-order chi connectivity index (χ0) is 14.7. The van der Waals surface area contributed by atoms with Gasteiger partial charge in [-0.1, -0.05) is 20.8 Å². The molecule has 0 fully saturated rings. The van der Waals surface area contributed by atoms with E-state index in [1.54, 1.807) is 31.2 Å². The largest absolute Gasteiger partial charge is 0.326 e. The highest BCUT2D eigenvalue weighted by Gasteiger charge is 2.21. The summed E-state index contributed by atoms with van der Waals surface area (Å²) in [6.07, 6.45) is 0. The van der Waals surface area contributed by atoms with Crippen molar-refractivity contribution >= 4 is 27.3 Å². The molecule has 0 saturated carbocycles. The molecule has 0 aliphatic heterocycles. The smallest absolute Gasteiger partial charge is 0.232 e. The van der Waals surface area contributed by atoms with E-state index in [0.717, 1.165) is 0 Å². The monoisotopic (exact) mass is 284 g/mol. The molecule has 5 nitrogen and oxygen atoms in total. The third-order valence-corrected chi connectivity index (χ3v) is 3.78. The fraction of sp³-hybridized carbons (Fsp3) is 0.462. The first kappa shape index (κ1) is 15.5. The van der Waals surface area contributed by atoms with E-state index in [-0.39, 0.29) is 11.7 Å². The highest BCUT2D eigenvalue weighted by atomic mass is 32.2. The van der Waals surface area contributed by atoms with Crippen molar-refractivity contribution in [3.63, 3.8) is 0 Å². The summed E-state index contributed by atoms with van der Waals surface area (Å²) >= 11 is 0. The van der Waals surface area contributed by atoms with Gasteiger partial charge < -0.3 is 5.32 Å². The Bertz CT molecular complexity index is 542. The fourth-order valence-electron chi connectivity index (χ4n) is 1.19. The molecule has 0 bridgehead atoms. The SMILES string of the molecule is CCS(=O)(=O)Nc1ccc(NC(=O)C(C)(C)C)cc1. The van der Waals surface area contributed by atoms with E-state index in [0.29, 0.717) is 11.4 Å². The molecule has 0 aliphatic carbocycles. The van der Waals surface area contributed by atoms with Gasteiger partial charge in [-0.2, -0.15) is 0 Å². The molecule has 0 atom stereocenters. The quantitative estimate of drug-likeness (QED) is 0.891. The number of sulfonamides is 1. The van der Waals surface area contributed by atoms with Crippen LogP contribution in [0.15, 0.2) is 24.3 Å². The zero-order valence-corrected chi connectivity index (χ0v) is 12.5. The molecule has 1 aromatic carbocycles. The highest BCUT2D eigenvalue weighted by Crippen LogP contribution is 2.19. The molecule has 1 amide bonds. The van der Waals surface area contributed by atoms with Gasteiger partial charge in [0.2, 0.25) is 15.9 Å². The van der Waals surface area contributed by atoms with Crippen LogP contribution in [0, 0.1) is 5.41 Å². The molecule has 0 aromatic heterocycles. The van der Waals surface area contributed by atoms with Gasteiger partial charge in [0.05, 0.1) is 5.75 Å². The molecule has 0 aliphatic rings. The van der Waals surface area contributed by atoms with Crippen LogP contribution in [-0.4, -0.2) is 20.1 Å². The van der Waals surface area contributed by atoms with Gasteiger partial charge in [0.25, 0.3) is 0 Å². The molecule has 1 aromatic rings. The standard InChI is InChI=1S/C13H20N2O3S/c1-5-19(17,18)15-11-8-6-10(7-9-11)14-12(16)13(2,3)4/h6-9,15H,5H2,1-4H3,(H,14,16). The maximum absolute atomic E-state index is 11.8. The summed E-state index contributed by atoms with van der Waals surface area (Å²) in [5.41, 5.74) is 0.651. The van der Waals surface area contributed by atoms with Crippen molar-refractivity contribution < 1.29 is 13.2 Å². The number of anilines is 2. The third kappa shape index (κ3) is 4.90. The lowest BCUT2D eigenvalue weighted by Crippen LogP contribution is -2.27. The molecule has 0 heterocycles. The summed E-state index contributed by atoms with van der Waals surface area (Å²) in [6, 6.07) is 6.56. The second-order valence-electron chi connectivity index (χ2n) is 5.29. The lowest BCUT2D eigenvalue weighted by Gasteiger charge is -2.17. The maximum atomic E-state index is 11.8. The van der Waals surface area contributed by atoms with Crippen molar-refractivity contribution in [1.82, 2.24) is 0 Å². The van der Waals surface area contributed by atoms with E-state index in [1.165, 1.54) is 0 Å². The summed E-state index contributed by atoms with van der Waals surface area (Å²) < 4.78 is 25.2. The number of rotatable bonds is 4. The van der Waals surface area contributed by atoms with Gasteiger partial charge in [0.15, 0.2) is 0 Å². The normalized spacial score (nSPS) is 12.0. The number of nitrogens with one attached hydrogen (secondary N) is 2. The van der Waals surface area contributed by atoms with Gasteiger partial charge in [-0.3, -0.25) is 9.52 Å². The second kappa shape index (κ2) is 5.61. The minimum absolute atomic E-state index is 0.0233. The van der Waals surface area contributed by atoms with Crippen molar-refractivity contribution in [2.24, 2.45) is 5.41 Å². The predicted molar refractivity (Wildman–Crippen MR) is 77.6 cm³/mol. The molecule has 2 N–H and O–H groups in total. The Labute approximate surface area is 114 Å². The van der Waals surface area contributed by atoms with Gasteiger partial charge in [-0.05, 0) is 31.2 Å². The van der Waals surface area contributed by atoms with Gasteiger partial charge in [0, 0.05) is 16.8 Å². The lowest BCUT2D eigenvalue weighted by molar-refractivity contribution is -0.123. The topological polar surface area (TPSA) is 75.3 Å². The number of hydrogen-bond acceptors (Lipinski definition) is 3. The van der Waals surface area contributed by atoms with E-state index in [4.69, 9.17) is 0 Å². The number of carbonyl (C=O) groups is 1. The third-order valence-electron chi connectivity index (χ3n) is 2.48. The second-order valence-corrected chi connectivity index (χ2v) is 7.30. The lowest BCUT2D eigenvalue weighted by atomic mass is 9.95. The summed E-state index contributed by atoms with van der Waals surface area (Å²) in [7, 11) is -3.27. The Hall–Kier alpha value is -1.56. The molecule has 106 valence electrons. The molecule has 0 spiro atoms. The highest BCUT2D eigenvalue weighted by molar-refractivity contribution is 7.92. The van der Waals surface area contributed by atoms with Crippen molar-refractivity contribution in [2.45, 2.75) is 27.7 Å². The first-order valence-corrected chi connectivity index (χ1v) is 7.71. The van der Waals surface area contributed by atoms with Crippen LogP contribution in [-0.2, 0) is 14.8 Å². The van der Waals surface area contributed by atoms with E-state index in [2.05, 4.69) is 10.0 Å². The molecule has 6 heteroatoms. The summed E-state index contributed by atoms with van der Waals surface area (Å²) in [5.74, 6) is -0.0652. The van der Waals surface area contributed by atoms with Crippen LogP contribution < -0.4 is 10.0 Å². The van der Waals surface area contributed by atoms with Crippen LogP contribution >= 0.6 is 0 Å². The number of benzene rings is 1. The molecule has 0 unspecified atom stereocenters. The van der Waals surface area contributed by atoms with Crippen LogP contribution in [0.1, 0.15) is 27.7 Å². The first-order valence-electron chi connectivity index (χ1n) is 6.06. The Morgan fingerprint density at radius 2 is 1.58 bits per heavy atom. The summed E-state index contributed by atoms with van der Waals surface area (Å²) in [4.78, 5) is 11.8. The van der Waals surface area contributed by atoms with Crippen molar-refractivity contribution in [1.29, 1.82) is 0 Å². The van der Waals surface area contributed by atoms with E-state index in [1.807, 2.05) is 20.8 Å². The Morgan fingerprint density at radius 3 is 2.00 bits per heavy atom. The predicted octanol–water partition coefficient (Wildman–Crippen LogP) is 2.43. The number of amides is 1. The minimum atomic E-state index is -3.27. The van der Waals surface area contributed by atoms with Crippen molar-refractivity contribution in [3.8, 4) is 0 Å². The van der Waals surface area contributed by atoms with Crippen molar-refractivity contribution in [3.05, 3.63) is 24.3 Å². The van der Waals surface area contributed by atoms with Crippen LogP contribution in [0.25, 0.3) is 0 Å². The van der Waals surface area contributed by atoms with Gasteiger partial charge in [-0.15, -0.1) is 0 Å². The van der Waals surface area contributed by atoms with Gasteiger partial charge in [-0.25, -0.2) is 8.42 Å². The Kier molecular flexibility index (Phi) is 4.57. The molecule has 0 saturated heterocycles. The molecular weight excluding hydrogens is 264 g/mol. The summed E-state index contributed by atoms with van der Waals surface area (Å²) in [6.45, 7) is 7.05. The average Bonchev–Trinajstić information content (AvgIpc) is 2.30.